The van der Waals surface area contributed by atoms with Crippen molar-refractivity contribution < 1.29 is 9.90 Å². The van der Waals surface area contributed by atoms with Crippen molar-refractivity contribution in [1.29, 1.82) is 0 Å². The highest BCUT2D eigenvalue weighted by Gasteiger charge is 2.23. The number of anilines is 2. The SMILES string of the molecule is Cc1ncccc1N1CCN(c2ncccc2C(=O)O)CC1. The molecule has 1 aliphatic rings. The summed E-state index contributed by atoms with van der Waals surface area (Å²) < 4.78 is 0. The molecule has 0 spiro atoms. The maximum Gasteiger partial charge on any atom is 0.339 e. The van der Waals surface area contributed by atoms with Gasteiger partial charge in [0.1, 0.15) is 11.4 Å². The van der Waals surface area contributed by atoms with Gasteiger partial charge in [0.05, 0.1) is 11.4 Å². The molecule has 0 aromatic carbocycles. The average Bonchev–Trinajstić information content (AvgIpc) is 2.55. The summed E-state index contributed by atoms with van der Waals surface area (Å²) >= 11 is 0. The molecule has 1 N–H and O–H groups in total. The zero-order valence-electron chi connectivity index (χ0n) is 12.4. The van der Waals surface area contributed by atoms with E-state index in [1.54, 1.807) is 24.5 Å². The second kappa shape index (κ2) is 6.01. The first kappa shape index (κ1) is 14.3. The lowest BCUT2D eigenvalue weighted by molar-refractivity contribution is 0.0697. The van der Waals surface area contributed by atoms with Crippen molar-refractivity contribution in [3.8, 4) is 0 Å². The molecule has 2 aromatic rings. The maximum absolute atomic E-state index is 11.3. The first-order valence-electron chi connectivity index (χ1n) is 7.26. The molecule has 114 valence electrons. The van der Waals surface area contributed by atoms with Gasteiger partial charge in [-0.05, 0) is 31.2 Å². The highest BCUT2D eigenvalue weighted by molar-refractivity contribution is 5.93. The van der Waals surface area contributed by atoms with Crippen LogP contribution in [0, 0.1) is 6.92 Å². The van der Waals surface area contributed by atoms with Crippen LogP contribution in [0.25, 0.3) is 0 Å². The zero-order chi connectivity index (χ0) is 15.5. The molecule has 3 heterocycles. The van der Waals surface area contributed by atoms with Crippen LogP contribution in [-0.2, 0) is 0 Å². The van der Waals surface area contributed by atoms with E-state index in [2.05, 4.69) is 20.9 Å². The number of rotatable bonds is 3. The number of carbonyl (C=O) groups is 1. The van der Waals surface area contributed by atoms with Gasteiger partial charge in [0.2, 0.25) is 0 Å². The predicted octanol–water partition coefficient (Wildman–Crippen LogP) is 1.81. The molecular weight excluding hydrogens is 280 g/mol. The highest BCUT2D eigenvalue weighted by Crippen LogP contribution is 2.23. The molecule has 3 rings (SSSR count). The number of carboxylic acids is 1. The van der Waals surface area contributed by atoms with E-state index in [0.717, 1.165) is 37.6 Å². The molecule has 1 saturated heterocycles. The average molecular weight is 298 g/mol. The van der Waals surface area contributed by atoms with Crippen LogP contribution in [0.2, 0.25) is 0 Å². The number of aromatic carboxylic acids is 1. The predicted molar refractivity (Wildman–Crippen MR) is 84.6 cm³/mol. The van der Waals surface area contributed by atoms with Crippen LogP contribution in [-0.4, -0.2) is 47.2 Å². The van der Waals surface area contributed by atoms with Crippen LogP contribution in [0.15, 0.2) is 36.7 Å². The molecule has 1 fully saturated rings. The van der Waals surface area contributed by atoms with Crippen LogP contribution < -0.4 is 9.80 Å². The maximum atomic E-state index is 11.3. The topological polar surface area (TPSA) is 69.6 Å². The summed E-state index contributed by atoms with van der Waals surface area (Å²) in [5.74, 6) is -0.383. The fraction of sp³-hybridized carbons (Fsp3) is 0.312. The van der Waals surface area contributed by atoms with Crippen molar-refractivity contribution in [2.45, 2.75) is 6.92 Å². The van der Waals surface area contributed by atoms with Crippen LogP contribution in [0.1, 0.15) is 16.1 Å². The van der Waals surface area contributed by atoms with E-state index in [4.69, 9.17) is 0 Å². The van der Waals surface area contributed by atoms with E-state index < -0.39 is 5.97 Å². The number of piperazine rings is 1. The van der Waals surface area contributed by atoms with Crippen molar-refractivity contribution in [2.75, 3.05) is 36.0 Å². The quantitative estimate of drug-likeness (QED) is 0.932. The van der Waals surface area contributed by atoms with Crippen LogP contribution >= 0.6 is 0 Å². The van der Waals surface area contributed by atoms with E-state index in [1.165, 1.54) is 0 Å². The third-order valence-corrected chi connectivity index (χ3v) is 3.92. The Balaban J connectivity index is 1.75. The number of pyridine rings is 2. The van der Waals surface area contributed by atoms with Crippen LogP contribution in [0.5, 0.6) is 0 Å². The van der Waals surface area contributed by atoms with Crippen LogP contribution in [0.4, 0.5) is 11.5 Å². The normalized spacial score (nSPS) is 15.0. The standard InChI is InChI=1S/C16H18N4O2/c1-12-14(5-3-6-17-12)19-8-10-20(11-9-19)15-13(16(21)22)4-2-7-18-15/h2-7H,8-11H2,1H3,(H,21,22). The van der Waals surface area contributed by atoms with Gasteiger partial charge >= 0.3 is 5.97 Å². The monoisotopic (exact) mass is 298 g/mol. The molecule has 0 aliphatic carbocycles. The van der Waals surface area contributed by atoms with Crippen LogP contribution in [0.3, 0.4) is 0 Å². The third-order valence-electron chi connectivity index (χ3n) is 3.92. The van der Waals surface area contributed by atoms with Crippen molar-refractivity contribution in [1.82, 2.24) is 9.97 Å². The smallest absolute Gasteiger partial charge is 0.339 e. The number of hydrogen-bond donors (Lipinski definition) is 1. The Labute approximate surface area is 129 Å². The number of aryl methyl sites for hydroxylation is 1. The second-order valence-corrected chi connectivity index (χ2v) is 5.26. The molecule has 0 radical (unpaired) electrons. The number of carboxylic acid groups (broad SMARTS) is 1. The van der Waals surface area contributed by atoms with E-state index >= 15 is 0 Å². The third kappa shape index (κ3) is 2.72. The summed E-state index contributed by atoms with van der Waals surface area (Å²) in [5.41, 5.74) is 2.41. The summed E-state index contributed by atoms with van der Waals surface area (Å²) in [5, 5.41) is 9.28. The Kier molecular flexibility index (Phi) is 3.91. The molecule has 6 nitrogen and oxygen atoms in total. The summed E-state index contributed by atoms with van der Waals surface area (Å²) in [6.07, 6.45) is 3.43. The summed E-state index contributed by atoms with van der Waals surface area (Å²) in [7, 11) is 0. The first-order valence-corrected chi connectivity index (χ1v) is 7.26. The zero-order valence-corrected chi connectivity index (χ0v) is 12.4. The Morgan fingerprint density at radius 3 is 2.36 bits per heavy atom. The molecule has 0 amide bonds. The highest BCUT2D eigenvalue weighted by atomic mass is 16.4. The minimum absolute atomic E-state index is 0.258. The molecule has 2 aromatic heterocycles. The lowest BCUT2D eigenvalue weighted by Gasteiger charge is -2.37. The van der Waals surface area contributed by atoms with E-state index in [9.17, 15) is 9.90 Å². The number of nitrogens with zero attached hydrogens (tertiary/aromatic N) is 4. The van der Waals surface area contributed by atoms with Gasteiger partial charge in [0, 0.05) is 38.6 Å². The van der Waals surface area contributed by atoms with Crippen molar-refractivity contribution in [2.24, 2.45) is 0 Å². The molecule has 22 heavy (non-hydrogen) atoms. The van der Waals surface area contributed by atoms with Crippen molar-refractivity contribution in [3.05, 3.63) is 47.9 Å². The Bertz CT molecular complexity index is 681. The minimum atomic E-state index is -0.936. The summed E-state index contributed by atoms with van der Waals surface area (Å²) in [6.45, 7) is 5.13. The minimum Gasteiger partial charge on any atom is -0.478 e. The fourth-order valence-corrected chi connectivity index (χ4v) is 2.79. The molecule has 0 saturated carbocycles. The Morgan fingerprint density at radius 1 is 1.05 bits per heavy atom. The van der Waals surface area contributed by atoms with Gasteiger partial charge < -0.3 is 14.9 Å². The van der Waals surface area contributed by atoms with E-state index in [-0.39, 0.29) is 5.56 Å². The van der Waals surface area contributed by atoms with Gasteiger partial charge in [-0.25, -0.2) is 9.78 Å². The first-order chi connectivity index (χ1) is 10.7. The summed E-state index contributed by atoms with van der Waals surface area (Å²) in [6, 6.07) is 7.27. The van der Waals surface area contributed by atoms with Gasteiger partial charge in [-0.1, -0.05) is 0 Å². The van der Waals surface area contributed by atoms with E-state index in [0.29, 0.717) is 5.82 Å². The molecule has 0 bridgehead atoms. The largest absolute Gasteiger partial charge is 0.478 e. The second-order valence-electron chi connectivity index (χ2n) is 5.26. The van der Waals surface area contributed by atoms with Gasteiger partial charge in [0.25, 0.3) is 0 Å². The summed E-state index contributed by atoms with van der Waals surface area (Å²) in [4.78, 5) is 24.2. The van der Waals surface area contributed by atoms with Crippen molar-refractivity contribution in [3.63, 3.8) is 0 Å². The van der Waals surface area contributed by atoms with Gasteiger partial charge in [-0.2, -0.15) is 0 Å². The fourth-order valence-electron chi connectivity index (χ4n) is 2.79. The van der Waals surface area contributed by atoms with Gasteiger partial charge in [0.15, 0.2) is 0 Å². The Morgan fingerprint density at radius 2 is 1.68 bits per heavy atom. The van der Waals surface area contributed by atoms with Gasteiger partial charge in [-0.3, -0.25) is 4.98 Å². The van der Waals surface area contributed by atoms with E-state index in [1.807, 2.05) is 17.9 Å². The Hall–Kier alpha value is -2.63. The molecule has 1 aliphatic heterocycles. The van der Waals surface area contributed by atoms with Crippen molar-refractivity contribution >= 4 is 17.5 Å². The lowest BCUT2D eigenvalue weighted by atomic mass is 10.2. The molecule has 6 heteroatoms. The molecular formula is C16H18N4O2. The number of aromatic nitrogens is 2. The molecule has 0 atom stereocenters. The van der Waals surface area contributed by atoms with Gasteiger partial charge in [-0.15, -0.1) is 0 Å². The lowest BCUT2D eigenvalue weighted by Crippen LogP contribution is -2.47. The molecule has 0 unspecified atom stereocenters. The number of hydrogen-bond acceptors (Lipinski definition) is 5.